The maximum absolute atomic E-state index is 13.2. The van der Waals surface area contributed by atoms with Crippen LogP contribution in [-0.4, -0.2) is 9.67 Å². The van der Waals surface area contributed by atoms with Crippen LogP contribution < -0.4 is 0 Å². The quantitative estimate of drug-likeness (QED) is 0.775. The SMILES string of the molecule is OCc1ccc2ccn(Cc3ccc(F)c(Cl)c3)c2c1. The van der Waals surface area contributed by atoms with E-state index in [1.54, 1.807) is 12.1 Å². The molecule has 1 N–H and O–H groups in total. The second-order valence-electron chi connectivity index (χ2n) is 4.74. The van der Waals surface area contributed by atoms with Gasteiger partial charge >= 0.3 is 0 Å². The van der Waals surface area contributed by atoms with Crippen molar-refractivity contribution < 1.29 is 9.50 Å². The summed E-state index contributed by atoms with van der Waals surface area (Å²) in [5.41, 5.74) is 2.84. The van der Waals surface area contributed by atoms with Crippen molar-refractivity contribution in [3.8, 4) is 0 Å². The van der Waals surface area contributed by atoms with E-state index in [4.69, 9.17) is 11.6 Å². The number of hydrogen-bond acceptors (Lipinski definition) is 1. The van der Waals surface area contributed by atoms with Gasteiger partial charge in [-0.15, -0.1) is 0 Å². The van der Waals surface area contributed by atoms with Crippen molar-refractivity contribution in [3.63, 3.8) is 0 Å². The highest BCUT2D eigenvalue weighted by Crippen LogP contribution is 2.21. The Hall–Kier alpha value is -1.84. The number of rotatable bonds is 3. The second-order valence-corrected chi connectivity index (χ2v) is 5.15. The van der Waals surface area contributed by atoms with Gasteiger partial charge in [0.1, 0.15) is 5.82 Å². The summed E-state index contributed by atoms with van der Waals surface area (Å²) in [4.78, 5) is 0. The Bertz CT molecular complexity index is 766. The lowest BCUT2D eigenvalue weighted by Crippen LogP contribution is -1.98. The maximum Gasteiger partial charge on any atom is 0.141 e. The van der Waals surface area contributed by atoms with Gasteiger partial charge in [-0.05, 0) is 40.8 Å². The van der Waals surface area contributed by atoms with Crippen molar-refractivity contribution in [3.05, 3.63) is 70.6 Å². The molecule has 0 bridgehead atoms. The highest BCUT2D eigenvalue weighted by molar-refractivity contribution is 6.30. The molecule has 102 valence electrons. The number of aliphatic hydroxyl groups excluding tert-OH is 1. The van der Waals surface area contributed by atoms with E-state index in [1.165, 1.54) is 6.07 Å². The summed E-state index contributed by atoms with van der Waals surface area (Å²) in [5.74, 6) is -0.407. The van der Waals surface area contributed by atoms with Gasteiger partial charge in [0.25, 0.3) is 0 Å². The molecule has 1 aromatic heterocycles. The van der Waals surface area contributed by atoms with E-state index in [-0.39, 0.29) is 11.6 Å². The highest BCUT2D eigenvalue weighted by atomic mass is 35.5. The van der Waals surface area contributed by atoms with Crippen molar-refractivity contribution in [1.82, 2.24) is 4.57 Å². The minimum absolute atomic E-state index is 0.0174. The average molecular weight is 290 g/mol. The number of aromatic nitrogens is 1. The summed E-state index contributed by atoms with van der Waals surface area (Å²) in [5, 5.41) is 10.5. The van der Waals surface area contributed by atoms with E-state index in [0.717, 1.165) is 22.0 Å². The first kappa shape index (κ1) is 13.2. The van der Waals surface area contributed by atoms with Crippen molar-refractivity contribution in [1.29, 1.82) is 0 Å². The molecule has 0 saturated heterocycles. The minimum Gasteiger partial charge on any atom is -0.392 e. The number of halogens is 2. The monoisotopic (exact) mass is 289 g/mol. The number of hydrogen-bond donors (Lipinski definition) is 1. The van der Waals surface area contributed by atoms with Gasteiger partial charge in [-0.2, -0.15) is 0 Å². The van der Waals surface area contributed by atoms with E-state index in [9.17, 15) is 9.50 Å². The number of fused-ring (bicyclic) bond motifs is 1. The van der Waals surface area contributed by atoms with Crippen LogP contribution in [0, 0.1) is 5.82 Å². The zero-order chi connectivity index (χ0) is 14.1. The van der Waals surface area contributed by atoms with Crippen molar-refractivity contribution in [2.45, 2.75) is 13.2 Å². The van der Waals surface area contributed by atoms with Gasteiger partial charge in [-0.25, -0.2) is 4.39 Å². The molecule has 0 amide bonds. The Labute approximate surface area is 121 Å². The summed E-state index contributed by atoms with van der Waals surface area (Å²) in [6, 6.07) is 12.6. The Morgan fingerprint density at radius 2 is 1.85 bits per heavy atom. The zero-order valence-corrected chi connectivity index (χ0v) is 11.4. The van der Waals surface area contributed by atoms with Crippen LogP contribution in [0.2, 0.25) is 5.02 Å². The zero-order valence-electron chi connectivity index (χ0n) is 10.7. The summed E-state index contributed by atoms with van der Waals surface area (Å²) in [7, 11) is 0. The fraction of sp³-hybridized carbons (Fsp3) is 0.125. The Morgan fingerprint density at radius 1 is 1.05 bits per heavy atom. The first-order valence-corrected chi connectivity index (χ1v) is 6.68. The highest BCUT2D eigenvalue weighted by Gasteiger charge is 2.05. The molecule has 2 aromatic carbocycles. The van der Waals surface area contributed by atoms with Crippen molar-refractivity contribution in [2.24, 2.45) is 0 Å². The molecule has 0 aliphatic rings. The third-order valence-corrected chi connectivity index (χ3v) is 3.65. The average Bonchev–Trinajstić information content (AvgIpc) is 2.85. The molecule has 0 aliphatic heterocycles. The van der Waals surface area contributed by atoms with Crippen molar-refractivity contribution >= 4 is 22.5 Å². The minimum atomic E-state index is -0.407. The summed E-state index contributed by atoms with van der Waals surface area (Å²) in [6.45, 7) is 0.627. The van der Waals surface area contributed by atoms with Gasteiger partial charge in [-0.3, -0.25) is 0 Å². The lowest BCUT2D eigenvalue weighted by Gasteiger charge is -2.07. The van der Waals surface area contributed by atoms with Crippen LogP contribution in [0.4, 0.5) is 4.39 Å². The van der Waals surface area contributed by atoms with Crippen molar-refractivity contribution in [2.75, 3.05) is 0 Å². The maximum atomic E-state index is 13.2. The third-order valence-electron chi connectivity index (χ3n) is 3.36. The fourth-order valence-corrected chi connectivity index (χ4v) is 2.50. The van der Waals surface area contributed by atoms with Crippen LogP contribution in [0.5, 0.6) is 0 Å². The van der Waals surface area contributed by atoms with Crippen LogP contribution in [0.25, 0.3) is 10.9 Å². The molecule has 0 radical (unpaired) electrons. The number of aliphatic hydroxyl groups is 1. The van der Waals surface area contributed by atoms with Crippen LogP contribution >= 0.6 is 11.6 Å². The molecular weight excluding hydrogens is 277 g/mol. The van der Waals surface area contributed by atoms with Crippen LogP contribution in [0.15, 0.2) is 48.7 Å². The molecule has 3 rings (SSSR count). The summed E-state index contributed by atoms with van der Waals surface area (Å²) < 4.78 is 15.2. The van der Waals surface area contributed by atoms with Gasteiger partial charge in [0.15, 0.2) is 0 Å². The summed E-state index contributed by atoms with van der Waals surface area (Å²) in [6.07, 6.45) is 1.98. The molecule has 2 nitrogen and oxygen atoms in total. The van der Waals surface area contributed by atoms with Crippen LogP contribution in [0.3, 0.4) is 0 Å². The Morgan fingerprint density at radius 3 is 2.60 bits per heavy atom. The lowest BCUT2D eigenvalue weighted by molar-refractivity contribution is 0.282. The van der Waals surface area contributed by atoms with E-state index in [0.29, 0.717) is 6.54 Å². The van der Waals surface area contributed by atoms with E-state index >= 15 is 0 Å². The standard InChI is InChI=1S/C16H13ClFNO/c17-14-7-11(2-4-15(14)18)9-19-6-5-13-3-1-12(10-20)8-16(13)19/h1-8,20H,9-10H2. The topological polar surface area (TPSA) is 25.2 Å². The second kappa shape index (κ2) is 5.27. The fourth-order valence-electron chi connectivity index (χ4n) is 2.30. The predicted molar refractivity (Wildman–Crippen MR) is 78.4 cm³/mol. The molecule has 3 aromatic rings. The molecule has 0 atom stereocenters. The molecule has 1 heterocycles. The van der Waals surface area contributed by atoms with Gasteiger partial charge < -0.3 is 9.67 Å². The van der Waals surface area contributed by atoms with E-state index in [2.05, 4.69) is 4.57 Å². The third kappa shape index (κ3) is 2.42. The number of nitrogens with zero attached hydrogens (tertiary/aromatic N) is 1. The van der Waals surface area contributed by atoms with E-state index < -0.39 is 5.82 Å². The number of benzene rings is 2. The Kier molecular flexibility index (Phi) is 3.47. The normalized spacial score (nSPS) is 11.2. The molecular formula is C16H13ClFNO. The predicted octanol–water partition coefficient (Wildman–Crippen LogP) is 3.97. The summed E-state index contributed by atoms with van der Waals surface area (Å²) >= 11 is 5.80. The molecule has 20 heavy (non-hydrogen) atoms. The van der Waals surface area contributed by atoms with Gasteiger partial charge in [-0.1, -0.05) is 29.8 Å². The first-order valence-electron chi connectivity index (χ1n) is 6.30. The molecule has 0 saturated carbocycles. The smallest absolute Gasteiger partial charge is 0.141 e. The molecule has 4 heteroatoms. The van der Waals surface area contributed by atoms with Gasteiger partial charge in [0.05, 0.1) is 11.6 Å². The molecule has 0 fully saturated rings. The van der Waals surface area contributed by atoms with E-state index in [1.807, 2.05) is 30.5 Å². The lowest BCUT2D eigenvalue weighted by atomic mass is 10.1. The largest absolute Gasteiger partial charge is 0.392 e. The van der Waals surface area contributed by atoms with Crippen LogP contribution in [0.1, 0.15) is 11.1 Å². The van der Waals surface area contributed by atoms with Gasteiger partial charge in [0, 0.05) is 18.3 Å². The Balaban J connectivity index is 1.99. The molecule has 0 aliphatic carbocycles. The van der Waals surface area contributed by atoms with Crippen LogP contribution in [-0.2, 0) is 13.2 Å². The first-order chi connectivity index (χ1) is 9.67. The molecule has 0 unspecified atom stereocenters. The van der Waals surface area contributed by atoms with Gasteiger partial charge in [0.2, 0.25) is 0 Å². The molecule has 0 spiro atoms.